The van der Waals surface area contributed by atoms with Crippen LogP contribution in [0.4, 0.5) is 0 Å². The number of aromatic nitrogens is 1. The summed E-state index contributed by atoms with van der Waals surface area (Å²) in [7, 11) is -3.81. The van der Waals surface area contributed by atoms with Crippen molar-refractivity contribution in [3.63, 3.8) is 0 Å². The van der Waals surface area contributed by atoms with Crippen LogP contribution >= 0.6 is 0 Å². The molecule has 1 atom stereocenters. The monoisotopic (exact) mass is 349 g/mol. The molecule has 1 aromatic carbocycles. The third-order valence-corrected chi connectivity index (χ3v) is 6.23. The number of aromatic amines is 1. The van der Waals surface area contributed by atoms with Gasteiger partial charge in [0.1, 0.15) is 0 Å². The van der Waals surface area contributed by atoms with E-state index in [1.165, 1.54) is 0 Å². The van der Waals surface area contributed by atoms with E-state index in [-0.39, 0.29) is 18.4 Å². The van der Waals surface area contributed by atoms with Gasteiger partial charge in [0.2, 0.25) is 0 Å². The third kappa shape index (κ3) is 3.56. The Labute approximate surface area is 140 Å². The Morgan fingerprint density at radius 2 is 1.79 bits per heavy atom. The fourth-order valence-electron chi connectivity index (χ4n) is 2.31. The second-order valence-corrected chi connectivity index (χ2v) is 8.35. The summed E-state index contributed by atoms with van der Waals surface area (Å²) in [6, 6.07) is 12.6. The molecule has 2 aromatic rings. The molecule has 0 radical (unpaired) electrons. The molecule has 2 rings (SSSR count). The van der Waals surface area contributed by atoms with E-state index in [0.29, 0.717) is 11.3 Å². The normalized spacial score (nSPS) is 14.1. The molecule has 0 fully saturated rings. The molecule has 0 amide bonds. The van der Waals surface area contributed by atoms with Crippen molar-refractivity contribution in [2.45, 2.75) is 24.5 Å². The molecule has 0 saturated carbocycles. The highest BCUT2D eigenvalue weighted by atomic mass is 32.2. The van der Waals surface area contributed by atoms with Gasteiger partial charge in [-0.05, 0) is 31.4 Å². The van der Waals surface area contributed by atoms with Gasteiger partial charge in [0.15, 0.2) is 14.6 Å². The second-order valence-electron chi connectivity index (χ2n) is 5.90. The summed E-state index contributed by atoms with van der Waals surface area (Å²) >= 11 is 0. The summed E-state index contributed by atoms with van der Waals surface area (Å²) in [6.45, 7) is 1.16. The van der Waals surface area contributed by atoms with Gasteiger partial charge in [-0.25, -0.2) is 8.42 Å². The molecule has 24 heavy (non-hydrogen) atoms. The van der Waals surface area contributed by atoms with Crippen LogP contribution in [-0.4, -0.2) is 35.5 Å². The smallest absolute Gasteiger partial charge is 0.324 e. The Bertz CT molecular complexity index is 902. The Morgan fingerprint density at radius 3 is 2.29 bits per heavy atom. The average Bonchev–Trinajstić information content (AvgIpc) is 2.53. The second kappa shape index (κ2) is 6.60. The summed E-state index contributed by atoms with van der Waals surface area (Å²) in [5.74, 6) is -1.41. The predicted molar refractivity (Wildman–Crippen MR) is 91.7 cm³/mol. The molecular weight excluding hydrogens is 330 g/mol. The van der Waals surface area contributed by atoms with Crippen LogP contribution in [0.1, 0.15) is 18.9 Å². The number of carboxylic acids is 1. The molecule has 0 aliphatic rings. The maximum atomic E-state index is 12.2. The summed E-state index contributed by atoms with van der Waals surface area (Å²) < 4.78 is 21.6. The quantitative estimate of drug-likeness (QED) is 0.828. The molecule has 0 aliphatic carbocycles. The van der Waals surface area contributed by atoms with Gasteiger partial charge in [-0.3, -0.25) is 9.59 Å². The van der Waals surface area contributed by atoms with Crippen LogP contribution in [0, 0.1) is 0 Å². The first-order chi connectivity index (χ1) is 11.1. The van der Waals surface area contributed by atoms with Gasteiger partial charge >= 0.3 is 5.97 Å². The summed E-state index contributed by atoms with van der Waals surface area (Å²) in [4.78, 5) is 26.3. The van der Waals surface area contributed by atoms with E-state index in [2.05, 4.69) is 4.98 Å². The van der Waals surface area contributed by atoms with E-state index >= 15 is 0 Å². The van der Waals surface area contributed by atoms with Crippen LogP contribution in [0.2, 0.25) is 0 Å². The van der Waals surface area contributed by atoms with Crippen molar-refractivity contribution in [2.75, 3.05) is 6.26 Å². The first-order valence-corrected chi connectivity index (χ1v) is 9.25. The predicted octanol–water partition coefficient (Wildman–Crippen LogP) is 1.86. The molecule has 6 nitrogen and oxygen atoms in total. The van der Waals surface area contributed by atoms with Crippen LogP contribution in [0.3, 0.4) is 0 Å². The van der Waals surface area contributed by atoms with Crippen LogP contribution < -0.4 is 5.56 Å². The lowest BCUT2D eigenvalue weighted by atomic mass is 10.0. The maximum absolute atomic E-state index is 12.2. The van der Waals surface area contributed by atoms with Crippen molar-refractivity contribution in [2.24, 2.45) is 0 Å². The van der Waals surface area contributed by atoms with Gasteiger partial charge in [-0.1, -0.05) is 36.4 Å². The zero-order chi connectivity index (χ0) is 18.0. The Hall–Kier alpha value is -2.41. The van der Waals surface area contributed by atoms with E-state index in [1.807, 2.05) is 30.3 Å². The zero-order valence-corrected chi connectivity index (χ0v) is 14.3. The molecule has 7 heteroatoms. The lowest BCUT2D eigenvalue weighted by molar-refractivity contribution is -0.139. The minimum absolute atomic E-state index is 0.0558. The lowest BCUT2D eigenvalue weighted by Crippen LogP contribution is -2.43. The van der Waals surface area contributed by atoms with Crippen LogP contribution in [-0.2, 0) is 21.1 Å². The molecule has 128 valence electrons. The molecule has 2 N–H and O–H groups in total. The zero-order valence-electron chi connectivity index (χ0n) is 13.4. The number of carboxylic acid groups (broad SMARTS) is 1. The summed E-state index contributed by atoms with van der Waals surface area (Å²) in [6.07, 6.45) is 0.777. The molecule has 0 bridgehead atoms. The number of aliphatic carboxylic acids is 1. The largest absolute Gasteiger partial charge is 0.480 e. The minimum atomic E-state index is -3.81. The number of carbonyl (C=O) groups is 1. The van der Waals surface area contributed by atoms with Crippen molar-refractivity contribution < 1.29 is 18.3 Å². The van der Waals surface area contributed by atoms with Gasteiger partial charge in [-0.15, -0.1) is 0 Å². The third-order valence-electron chi connectivity index (χ3n) is 4.22. The lowest BCUT2D eigenvalue weighted by Gasteiger charge is -2.22. The fraction of sp³-hybridized carbons (Fsp3) is 0.294. The summed E-state index contributed by atoms with van der Waals surface area (Å²) in [5.41, 5.74) is 1.50. The van der Waals surface area contributed by atoms with Gasteiger partial charge in [0.25, 0.3) is 5.56 Å². The van der Waals surface area contributed by atoms with Gasteiger partial charge in [0, 0.05) is 17.5 Å². The van der Waals surface area contributed by atoms with E-state index in [1.54, 1.807) is 12.1 Å². The topological polar surface area (TPSA) is 104 Å². The van der Waals surface area contributed by atoms with Crippen molar-refractivity contribution in [1.82, 2.24) is 4.98 Å². The average molecular weight is 349 g/mol. The number of H-pyrrole nitrogens is 1. The number of pyridine rings is 1. The van der Waals surface area contributed by atoms with Gasteiger partial charge in [0.05, 0.1) is 0 Å². The molecule has 0 aliphatic heterocycles. The Kier molecular flexibility index (Phi) is 4.94. The van der Waals surface area contributed by atoms with Crippen molar-refractivity contribution in [3.8, 4) is 11.3 Å². The molecular formula is C17H19NO5S. The molecule has 1 heterocycles. The number of rotatable bonds is 6. The van der Waals surface area contributed by atoms with Crippen molar-refractivity contribution in [1.29, 1.82) is 0 Å². The van der Waals surface area contributed by atoms with Crippen LogP contribution in [0.25, 0.3) is 11.3 Å². The maximum Gasteiger partial charge on any atom is 0.324 e. The van der Waals surface area contributed by atoms with Crippen LogP contribution in [0.15, 0.2) is 47.3 Å². The minimum Gasteiger partial charge on any atom is -0.480 e. The van der Waals surface area contributed by atoms with E-state index in [9.17, 15) is 23.1 Å². The van der Waals surface area contributed by atoms with E-state index in [0.717, 1.165) is 18.7 Å². The number of sulfone groups is 1. The highest BCUT2D eigenvalue weighted by Crippen LogP contribution is 2.23. The first kappa shape index (κ1) is 17.9. The van der Waals surface area contributed by atoms with Gasteiger partial charge in [-0.2, -0.15) is 0 Å². The number of aryl methyl sites for hydroxylation is 1. The standard InChI is InChI=1S/C17H19NO5S/c1-17(16(20)21,24(2,22)23)11-10-13-8-9-14(18-15(13)19)12-6-4-3-5-7-12/h3-9H,10-11H2,1-2H3,(H,18,19)(H,20,21)/t17-/m1/s1. The van der Waals surface area contributed by atoms with Crippen molar-refractivity contribution >= 4 is 15.8 Å². The number of hydrogen-bond acceptors (Lipinski definition) is 4. The Morgan fingerprint density at radius 1 is 1.17 bits per heavy atom. The SMILES string of the molecule is C[C@@](CCc1ccc(-c2ccccc2)[nH]c1=O)(C(=O)O)S(C)(=O)=O. The van der Waals surface area contributed by atoms with Crippen LogP contribution in [0.5, 0.6) is 0 Å². The molecule has 1 aromatic heterocycles. The van der Waals surface area contributed by atoms with Crippen molar-refractivity contribution in [3.05, 3.63) is 58.4 Å². The number of benzene rings is 1. The summed E-state index contributed by atoms with van der Waals surface area (Å²) in [5, 5.41) is 9.24. The van der Waals surface area contributed by atoms with E-state index < -0.39 is 20.6 Å². The Balaban J connectivity index is 2.26. The highest BCUT2D eigenvalue weighted by molar-refractivity contribution is 7.92. The van der Waals surface area contributed by atoms with Gasteiger partial charge < -0.3 is 10.1 Å². The van der Waals surface area contributed by atoms with E-state index in [4.69, 9.17) is 0 Å². The molecule has 0 saturated heterocycles. The highest BCUT2D eigenvalue weighted by Gasteiger charge is 2.43. The molecule has 0 unspecified atom stereocenters. The fourth-order valence-corrected chi connectivity index (χ4v) is 3.10. The number of hydrogen-bond donors (Lipinski definition) is 2. The number of nitrogens with one attached hydrogen (secondary N) is 1. The molecule has 0 spiro atoms. The first-order valence-electron chi connectivity index (χ1n) is 7.36.